The maximum Gasteiger partial charge on any atom is 0.254 e. The van der Waals surface area contributed by atoms with Crippen LogP contribution in [0, 0.1) is 0 Å². The zero-order valence-electron chi connectivity index (χ0n) is 10.4. The summed E-state index contributed by atoms with van der Waals surface area (Å²) in [7, 11) is 0. The molecule has 0 bridgehead atoms. The third kappa shape index (κ3) is 4.10. The molecule has 1 aromatic carbocycles. The van der Waals surface area contributed by atoms with Crippen LogP contribution in [0.1, 0.15) is 5.56 Å². The Morgan fingerprint density at radius 3 is 2.63 bits per heavy atom. The Hall–Kier alpha value is -1.81. The largest absolute Gasteiger partial charge is 0.489 e. The zero-order valence-corrected chi connectivity index (χ0v) is 12.0. The highest BCUT2D eigenvalue weighted by Gasteiger charge is 2.01. The number of allylic oxidation sites excluding steroid dienone is 1. The summed E-state index contributed by atoms with van der Waals surface area (Å²) in [5, 5.41) is 0. The molecule has 2 rings (SSSR count). The second kappa shape index (κ2) is 6.38. The fourth-order valence-electron chi connectivity index (χ4n) is 1.64. The maximum atomic E-state index is 11.8. The molecule has 1 aromatic heterocycles. The average Bonchev–Trinajstić information content (AvgIpc) is 2.40. The standard InChI is InChI=1S/C15H14BrNO2/c1-12(16)10-17-8-7-14(9-15(17)18)19-11-13-5-3-2-4-6-13/h2-9H,1,10-11H2. The molecule has 4 heteroatoms. The Kier molecular flexibility index (Phi) is 4.58. The van der Waals surface area contributed by atoms with Crippen molar-refractivity contribution in [2.45, 2.75) is 13.2 Å². The second-order valence-electron chi connectivity index (χ2n) is 4.12. The number of halogens is 1. The lowest BCUT2D eigenvalue weighted by molar-refractivity contribution is 0.305. The molecule has 0 saturated carbocycles. The Bertz CT molecular complexity index is 620. The fraction of sp³-hybridized carbons (Fsp3) is 0.133. The van der Waals surface area contributed by atoms with E-state index in [-0.39, 0.29) is 5.56 Å². The summed E-state index contributed by atoms with van der Waals surface area (Å²) in [6.07, 6.45) is 1.70. The molecule has 98 valence electrons. The molecular formula is C15H14BrNO2. The van der Waals surface area contributed by atoms with E-state index in [1.54, 1.807) is 16.8 Å². The van der Waals surface area contributed by atoms with Crippen molar-refractivity contribution in [3.05, 3.63) is 75.6 Å². The first-order chi connectivity index (χ1) is 9.15. The highest BCUT2D eigenvalue weighted by Crippen LogP contribution is 2.11. The van der Waals surface area contributed by atoms with Gasteiger partial charge in [0.05, 0.1) is 6.54 Å². The van der Waals surface area contributed by atoms with Crippen LogP contribution in [0.4, 0.5) is 0 Å². The van der Waals surface area contributed by atoms with Crippen LogP contribution in [0.5, 0.6) is 5.75 Å². The number of aromatic nitrogens is 1. The van der Waals surface area contributed by atoms with Crippen molar-refractivity contribution < 1.29 is 4.74 Å². The van der Waals surface area contributed by atoms with Gasteiger partial charge in [-0.1, -0.05) is 52.8 Å². The monoisotopic (exact) mass is 319 g/mol. The number of ether oxygens (including phenoxy) is 1. The minimum absolute atomic E-state index is 0.105. The van der Waals surface area contributed by atoms with Gasteiger partial charge in [0.2, 0.25) is 0 Å². The first-order valence-electron chi connectivity index (χ1n) is 5.85. The van der Waals surface area contributed by atoms with Crippen LogP contribution in [0.15, 0.2) is 64.5 Å². The lowest BCUT2D eigenvalue weighted by Gasteiger charge is -2.08. The minimum Gasteiger partial charge on any atom is -0.489 e. The van der Waals surface area contributed by atoms with E-state index in [0.717, 1.165) is 10.0 Å². The average molecular weight is 320 g/mol. The van der Waals surface area contributed by atoms with E-state index in [1.807, 2.05) is 30.3 Å². The topological polar surface area (TPSA) is 31.2 Å². The predicted molar refractivity (Wildman–Crippen MR) is 79.5 cm³/mol. The van der Waals surface area contributed by atoms with Gasteiger partial charge in [-0.3, -0.25) is 4.79 Å². The molecule has 0 aliphatic heterocycles. The Morgan fingerprint density at radius 2 is 2.00 bits per heavy atom. The van der Waals surface area contributed by atoms with Crippen LogP contribution in [0.25, 0.3) is 0 Å². The van der Waals surface area contributed by atoms with Crippen molar-refractivity contribution in [3.8, 4) is 5.75 Å². The van der Waals surface area contributed by atoms with E-state index >= 15 is 0 Å². The van der Waals surface area contributed by atoms with E-state index in [4.69, 9.17) is 4.74 Å². The van der Waals surface area contributed by atoms with Crippen LogP contribution in [-0.2, 0) is 13.2 Å². The van der Waals surface area contributed by atoms with Crippen LogP contribution in [0.3, 0.4) is 0 Å². The minimum atomic E-state index is -0.105. The van der Waals surface area contributed by atoms with Gasteiger partial charge in [-0.25, -0.2) is 0 Å². The summed E-state index contributed by atoms with van der Waals surface area (Å²) < 4.78 is 7.90. The first-order valence-corrected chi connectivity index (χ1v) is 6.65. The highest BCUT2D eigenvalue weighted by atomic mass is 79.9. The number of hydrogen-bond donors (Lipinski definition) is 0. The lowest BCUT2D eigenvalue weighted by Crippen LogP contribution is -2.18. The van der Waals surface area contributed by atoms with Crippen molar-refractivity contribution in [2.75, 3.05) is 0 Å². The third-order valence-electron chi connectivity index (χ3n) is 2.56. The summed E-state index contributed by atoms with van der Waals surface area (Å²) in [6, 6.07) is 13.1. The van der Waals surface area contributed by atoms with Crippen molar-refractivity contribution in [3.63, 3.8) is 0 Å². The summed E-state index contributed by atoms with van der Waals surface area (Å²) >= 11 is 3.24. The van der Waals surface area contributed by atoms with Gasteiger partial charge in [0.15, 0.2) is 0 Å². The van der Waals surface area contributed by atoms with Crippen LogP contribution >= 0.6 is 15.9 Å². The van der Waals surface area contributed by atoms with E-state index in [1.165, 1.54) is 6.07 Å². The van der Waals surface area contributed by atoms with Crippen molar-refractivity contribution in [2.24, 2.45) is 0 Å². The molecule has 1 heterocycles. The second-order valence-corrected chi connectivity index (χ2v) is 5.24. The molecule has 0 N–H and O–H groups in total. The molecule has 3 nitrogen and oxygen atoms in total. The smallest absolute Gasteiger partial charge is 0.254 e. The molecule has 0 aliphatic carbocycles. The van der Waals surface area contributed by atoms with E-state index in [9.17, 15) is 4.79 Å². The normalized spacial score (nSPS) is 10.2. The Morgan fingerprint density at radius 1 is 1.26 bits per heavy atom. The predicted octanol–water partition coefficient (Wildman–Crippen LogP) is 3.34. The van der Waals surface area contributed by atoms with Gasteiger partial charge in [0, 0.05) is 16.7 Å². The number of rotatable bonds is 5. The molecule has 0 amide bonds. The van der Waals surface area contributed by atoms with Gasteiger partial charge < -0.3 is 9.30 Å². The summed E-state index contributed by atoms with van der Waals surface area (Å²) in [5.74, 6) is 0.574. The molecular weight excluding hydrogens is 306 g/mol. The lowest BCUT2D eigenvalue weighted by atomic mass is 10.2. The molecule has 0 radical (unpaired) electrons. The van der Waals surface area contributed by atoms with Gasteiger partial charge in [-0.05, 0) is 11.6 Å². The van der Waals surface area contributed by atoms with Crippen molar-refractivity contribution >= 4 is 15.9 Å². The van der Waals surface area contributed by atoms with Crippen LogP contribution in [0.2, 0.25) is 0 Å². The third-order valence-corrected chi connectivity index (χ3v) is 2.81. The Balaban J connectivity index is 2.04. The SMILES string of the molecule is C=C(Br)Cn1ccc(OCc2ccccc2)cc1=O. The van der Waals surface area contributed by atoms with Gasteiger partial charge >= 0.3 is 0 Å². The van der Waals surface area contributed by atoms with Gasteiger partial charge in [-0.15, -0.1) is 0 Å². The number of pyridine rings is 1. The number of nitrogens with zero attached hydrogens (tertiary/aromatic N) is 1. The quantitative estimate of drug-likeness (QED) is 0.846. The molecule has 0 fully saturated rings. The molecule has 0 aliphatic rings. The fourth-order valence-corrected chi connectivity index (χ4v) is 1.91. The van der Waals surface area contributed by atoms with Gasteiger partial charge in [0.1, 0.15) is 12.4 Å². The van der Waals surface area contributed by atoms with Gasteiger partial charge in [-0.2, -0.15) is 0 Å². The highest BCUT2D eigenvalue weighted by molar-refractivity contribution is 9.11. The molecule has 0 spiro atoms. The van der Waals surface area contributed by atoms with E-state index in [2.05, 4.69) is 22.5 Å². The molecule has 19 heavy (non-hydrogen) atoms. The summed E-state index contributed by atoms with van der Waals surface area (Å²) in [4.78, 5) is 11.8. The van der Waals surface area contributed by atoms with Crippen molar-refractivity contribution in [1.29, 1.82) is 0 Å². The molecule has 0 unspecified atom stereocenters. The summed E-state index contributed by atoms with van der Waals surface area (Å²) in [5.41, 5.74) is 0.965. The van der Waals surface area contributed by atoms with Crippen LogP contribution < -0.4 is 10.3 Å². The number of benzene rings is 1. The maximum absolute atomic E-state index is 11.8. The molecule has 0 atom stereocenters. The molecule has 0 saturated heterocycles. The van der Waals surface area contributed by atoms with Gasteiger partial charge in [0.25, 0.3) is 5.56 Å². The summed E-state index contributed by atoms with van der Waals surface area (Å²) in [6.45, 7) is 4.63. The van der Waals surface area contributed by atoms with E-state index in [0.29, 0.717) is 18.9 Å². The molecule has 2 aromatic rings. The van der Waals surface area contributed by atoms with Crippen molar-refractivity contribution in [1.82, 2.24) is 4.57 Å². The van der Waals surface area contributed by atoms with Crippen LogP contribution in [-0.4, -0.2) is 4.57 Å². The zero-order chi connectivity index (χ0) is 13.7. The number of hydrogen-bond acceptors (Lipinski definition) is 2. The Labute approximate surface area is 120 Å². The first kappa shape index (κ1) is 13.6. The van der Waals surface area contributed by atoms with E-state index < -0.39 is 0 Å².